The molecule has 0 atom stereocenters. The van der Waals surface area contributed by atoms with Gasteiger partial charge < -0.3 is 4.74 Å². The molecule has 0 radical (unpaired) electrons. The van der Waals surface area contributed by atoms with E-state index >= 15 is 0 Å². The van der Waals surface area contributed by atoms with Gasteiger partial charge in [-0.3, -0.25) is 0 Å². The van der Waals surface area contributed by atoms with Crippen LogP contribution in [0.3, 0.4) is 0 Å². The number of fused-ring (bicyclic) bond motifs is 1. The average Bonchev–Trinajstić information content (AvgIpc) is 2.46. The second kappa shape index (κ2) is 4.23. The third-order valence-corrected chi connectivity index (χ3v) is 2.45. The van der Waals surface area contributed by atoms with Gasteiger partial charge in [-0.1, -0.05) is 23.5 Å². The van der Waals surface area contributed by atoms with Gasteiger partial charge in [0, 0.05) is 0 Å². The minimum absolute atomic E-state index is 0. The van der Waals surface area contributed by atoms with Gasteiger partial charge in [-0.25, -0.2) is 4.98 Å². The van der Waals surface area contributed by atoms with Crippen molar-refractivity contribution in [2.45, 2.75) is 0 Å². The number of para-hydroxylation sites is 1. The molecule has 0 spiro atoms. The fraction of sp³-hybridized carbons (Fsp3) is 0.125. The van der Waals surface area contributed by atoms with Crippen molar-refractivity contribution in [1.29, 1.82) is 0 Å². The number of hydrogen-bond acceptors (Lipinski definition) is 3. The summed E-state index contributed by atoms with van der Waals surface area (Å²) < 4.78 is 6.18. The first-order valence-electron chi connectivity index (χ1n) is 3.30. The molecule has 0 saturated carbocycles. The van der Waals surface area contributed by atoms with E-state index in [1.165, 1.54) is 4.70 Å². The van der Waals surface area contributed by atoms with E-state index in [9.17, 15) is 0 Å². The molecule has 0 saturated heterocycles. The molecule has 2 aromatic rings. The Hall–Kier alpha value is -0.0900. The van der Waals surface area contributed by atoms with Gasteiger partial charge >= 0.3 is 29.6 Å². The normalized spacial score (nSPS) is 9.42. The fourth-order valence-corrected chi connectivity index (χ4v) is 1.72. The van der Waals surface area contributed by atoms with Crippen LogP contribution >= 0.6 is 11.3 Å². The molecule has 4 heteroatoms. The smallest absolute Gasteiger partial charge is 0.473 e. The molecule has 1 heterocycles. The van der Waals surface area contributed by atoms with Crippen molar-refractivity contribution in [3.8, 4) is 5.19 Å². The molecule has 2 rings (SSSR count). The van der Waals surface area contributed by atoms with Crippen LogP contribution in [0, 0.1) is 0 Å². The number of hydrogen-bond donors (Lipinski definition) is 0. The summed E-state index contributed by atoms with van der Waals surface area (Å²) in [5, 5.41) is 0.728. The molecule has 1 aromatic heterocycles. The first-order chi connectivity index (χ1) is 5.40. The van der Waals surface area contributed by atoms with E-state index in [4.69, 9.17) is 4.74 Å². The summed E-state index contributed by atoms with van der Waals surface area (Å²) in [5.41, 5.74) is 1.01. The average molecular weight is 188 g/mol. The second-order valence-corrected chi connectivity index (χ2v) is 3.14. The van der Waals surface area contributed by atoms with E-state index in [1.807, 2.05) is 24.3 Å². The Kier molecular flexibility index (Phi) is 3.53. The Balaban J connectivity index is 0.000000720. The Morgan fingerprint density at radius 2 is 2.08 bits per heavy atom. The van der Waals surface area contributed by atoms with Crippen LogP contribution in [0.5, 0.6) is 5.19 Å². The predicted octanol–water partition coefficient (Wildman–Crippen LogP) is -0.691. The van der Waals surface area contributed by atoms with Gasteiger partial charge in [-0.05, 0) is 12.1 Å². The number of thiazole rings is 1. The van der Waals surface area contributed by atoms with Crippen LogP contribution in [0.2, 0.25) is 0 Å². The number of rotatable bonds is 1. The summed E-state index contributed by atoms with van der Waals surface area (Å²) in [7, 11) is 1.64. The molecule has 0 bridgehead atoms. The molecule has 0 aliphatic heterocycles. The van der Waals surface area contributed by atoms with E-state index < -0.39 is 0 Å². The minimum Gasteiger partial charge on any atom is -0.473 e. The third kappa shape index (κ3) is 1.80. The SMILES string of the molecule is COc1nc2ccccc2s1.[Na+]. The van der Waals surface area contributed by atoms with Crippen molar-refractivity contribution in [1.82, 2.24) is 4.98 Å². The van der Waals surface area contributed by atoms with Gasteiger partial charge in [-0.2, -0.15) is 0 Å². The predicted molar refractivity (Wildman–Crippen MR) is 46.2 cm³/mol. The monoisotopic (exact) mass is 188 g/mol. The zero-order valence-electron chi connectivity index (χ0n) is 7.07. The molecule has 1 aromatic carbocycles. The van der Waals surface area contributed by atoms with E-state index in [0.717, 1.165) is 10.7 Å². The molecule has 0 fully saturated rings. The van der Waals surface area contributed by atoms with Crippen LogP contribution in [0.15, 0.2) is 24.3 Å². The molecule has 2 nitrogen and oxygen atoms in total. The number of ether oxygens (including phenoxy) is 1. The van der Waals surface area contributed by atoms with Crippen LogP contribution in [-0.4, -0.2) is 12.1 Å². The molecular weight excluding hydrogens is 181 g/mol. The molecule has 0 aliphatic rings. The van der Waals surface area contributed by atoms with Gasteiger partial charge in [0.2, 0.25) is 0 Å². The van der Waals surface area contributed by atoms with Gasteiger partial charge in [0.15, 0.2) is 0 Å². The van der Waals surface area contributed by atoms with E-state index in [1.54, 1.807) is 18.4 Å². The maximum absolute atomic E-state index is 5.01. The summed E-state index contributed by atoms with van der Waals surface area (Å²) in [5.74, 6) is 0. The molecule has 56 valence electrons. The van der Waals surface area contributed by atoms with Crippen LogP contribution < -0.4 is 34.3 Å². The maximum Gasteiger partial charge on any atom is 1.00 e. The number of methoxy groups -OCH3 is 1. The van der Waals surface area contributed by atoms with Crippen molar-refractivity contribution in [3.63, 3.8) is 0 Å². The fourth-order valence-electron chi connectivity index (χ4n) is 0.938. The first-order valence-corrected chi connectivity index (χ1v) is 4.11. The van der Waals surface area contributed by atoms with Crippen LogP contribution in [0.25, 0.3) is 10.2 Å². The molecule has 0 N–H and O–H groups in total. The van der Waals surface area contributed by atoms with Crippen LogP contribution in [0.1, 0.15) is 0 Å². The van der Waals surface area contributed by atoms with E-state index in [0.29, 0.717) is 0 Å². The van der Waals surface area contributed by atoms with Gasteiger partial charge in [0.25, 0.3) is 5.19 Å². The third-order valence-electron chi connectivity index (χ3n) is 1.45. The summed E-state index contributed by atoms with van der Waals surface area (Å²) in [4.78, 5) is 4.23. The Morgan fingerprint density at radius 3 is 2.75 bits per heavy atom. The van der Waals surface area contributed by atoms with E-state index in [-0.39, 0.29) is 29.6 Å². The first kappa shape index (κ1) is 9.99. The van der Waals surface area contributed by atoms with Crippen molar-refractivity contribution in [2.75, 3.05) is 7.11 Å². The van der Waals surface area contributed by atoms with Gasteiger partial charge in [-0.15, -0.1) is 0 Å². The van der Waals surface area contributed by atoms with Gasteiger partial charge in [0.1, 0.15) is 0 Å². The van der Waals surface area contributed by atoms with Crippen molar-refractivity contribution in [3.05, 3.63) is 24.3 Å². The number of aromatic nitrogens is 1. The maximum atomic E-state index is 5.01. The number of benzene rings is 1. The zero-order chi connectivity index (χ0) is 7.68. The quantitative estimate of drug-likeness (QED) is 0.553. The van der Waals surface area contributed by atoms with E-state index in [2.05, 4.69) is 4.98 Å². The molecule has 0 unspecified atom stereocenters. The summed E-state index contributed by atoms with van der Waals surface area (Å²) in [6.45, 7) is 0. The molecule has 0 amide bonds. The van der Waals surface area contributed by atoms with Crippen molar-refractivity contribution in [2.24, 2.45) is 0 Å². The van der Waals surface area contributed by atoms with Crippen LogP contribution in [-0.2, 0) is 0 Å². The Bertz CT molecular complexity index is 341. The molecule has 0 aliphatic carbocycles. The van der Waals surface area contributed by atoms with Crippen LogP contribution in [0.4, 0.5) is 0 Å². The Labute approximate surface area is 96.9 Å². The van der Waals surface area contributed by atoms with Crippen molar-refractivity contribution >= 4 is 21.6 Å². The minimum atomic E-state index is 0. The molecular formula is C8H7NNaOS+. The summed E-state index contributed by atoms with van der Waals surface area (Å²) in [6, 6.07) is 7.99. The second-order valence-electron chi connectivity index (χ2n) is 2.15. The number of nitrogens with zero attached hydrogens (tertiary/aromatic N) is 1. The summed E-state index contributed by atoms with van der Waals surface area (Å²) >= 11 is 1.56. The van der Waals surface area contributed by atoms with Gasteiger partial charge in [0.05, 0.1) is 17.3 Å². The molecule has 12 heavy (non-hydrogen) atoms. The Morgan fingerprint density at radius 1 is 1.33 bits per heavy atom. The summed E-state index contributed by atoms with van der Waals surface area (Å²) in [6.07, 6.45) is 0. The van der Waals surface area contributed by atoms with Crippen molar-refractivity contribution < 1.29 is 34.3 Å². The zero-order valence-corrected chi connectivity index (χ0v) is 9.89. The largest absolute Gasteiger partial charge is 1.00 e. The topological polar surface area (TPSA) is 22.1 Å². The standard InChI is InChI=1S/C8H7NOS.Na/c1-10-8-9-6-4-2-3-5-7(6)11-8;/h2-5H,1H3;/q;+1.